The second-order valence-corrected chi connectivity index (χ2v) is 4.36. The van der Waals surface area contributed by atoms with Gasteiger partial charge in [0.15, 0.2) is 0 Å². The molecule has 0 aliphatic heterocycles. The maximum absolute atomic E-state index is 11.8. The number of amides is 1. The monoisotopic (exact) mass is 247 g/mol. The van der Waals surface area contributed by atoms with Crippen molar-refractivity contribution in [3.63, 3.8) is 0 Å². The van der Waals surface area contributed by atoms with Crippen molar-refractivity contribution >= 4 is 17.6 Å². The van der Waals surface area contributed by atoms with Gasteiger partial charge in [-0.25, -0.2) is 4.79 Å². The molecule has 0 aliphatic carbocycles. The topological polar surface area (TPSA) is 66.4 Å². The highest BCUT2D eigenvalue weighted by Crippen LogP contribution is 2.23. The molecule has 0 saturated heterocycles. The highest BCUT2D eigenvalue weighted by molar-refractivity contribution is 6.06. The van der Waals surface area contributed by atoms with Crippen LogP contribution in [0.25, 0.3) is 0 Å². The number of benzene rings is 1. The number of carboxylic acids is 1. The summed E-state index contributed by atoms with van der Waals surface area (Å²) in [6, 6.07) is 7.49. The third-order valence-corrected chi connectivity index (χ3v) is 2.53. The van der Waals surface area contributed by atoms with Crippen molar-refractivity contribution in [2.45, 2.75) is 26.7 Å². The van der Waals surface area contributed by atoms with Gasteiger partial charge in [-0.2, -0.15) is 0 Å². The van der Waals surface area contributed by atoms with Crippen molar-refractivity contribution < 1.29 is 14.7 Å². The van der Waals surface area contributed by atoms with E-state index in [0.717, 1.165) is 17.3 Å². The molecule has 18 heavy (non-hydrogen) atoms. The average Bonchev–Trinajstić information content (AvgIpc) is 2.28. The third-order valence-electron chi connectivity index (χ3n) is 2.53. The van der Waals surface area contributed by atoms with Gasteiger partial charge in [0.2, 0.25) is 0 Å². The van der Waals surface area contributed by atoms with E-state index in [1.165, 1.54) is 6.92 Å². The normalized spacial score (nSPS) is 11.4. The van der Waals surface area contributed by atoms with Crippen molar-refractivity contribution in [3.05, 3.63) is 41.5 Å². The first-order valence-corrected chi connectivity index (χ1v) is 5.73. The summed E-state index contributed by atoms with van der Waals surface area (Å²) in [7, 11) is 0. The Morgan fingerprint density at radius 3 is 2.44 bits per heavy atom. The van der Waals surface area contributed by atoms with E-state index in [1.807, 2.05) is 32.0 Å². The molecule has 1 amide bonds. The molecule has 0 radical (unpaired) electrons. The molecule has 0 saturated carbocycles. The first-order valence-electron chi connectivity index (χ1n) is 5.73. The largest absolute Gasteiger partial charge is 0.478 e. The molecule has 4 nitrogen and oxygen atoms in total. The van der Waals surface area contributed by atoms with Crippen LogP contribution in [0.3, 0.4) is 0 Å². The highest BCUT2D eigenvalue weighted by Gasteiger charge is 2.10. The van der Waals surface area contributed by atoms with Crippen LogP contribution in [0, 0.1) is 0 Å². The first-order chi connectivity index (χ1) is 8.41. The lowest BCUT2D eigenvalue weighted by Gasteiger charge is -2.13. The Labute approximate surface area is 106 Å². The van der Waals surface area contributed by atoms with Crippen LogP contribution in [0.2, 0.25) is 0 Å². The van der Waals surface area contributed by atoms with E-state index in [-0.39, 0.29) is 11.5 Å². The third kappa shape index (κ3) is 3.73. The number of carboxylic acid groups (broad SMARTS) is 1. The summed E-state index contributed by atoms with van der Waals surface area (Å²) < 4.78 is 0. The van der Waals surface area contributed by atoms with Gasteiger partial charge < -0.3 is 10.4 Å². The number of nitrogens with one attached hydrogen (secondary N) is 1. The second-order valence-electron chi connectivity index (χ2n) is 4.36. The van der Waals surface area contributed by atoms with Crippen LogP contribution in [-0.4, -0.2) is 17.0 Å². The van der Waals surface area contributed by atoms with Gasteiger partial charge in [-0.15, -0.1) is 0 Å². The van der Waals surface area contributed by atoms with E-state index in [0.29, 0.717) is 0 Å². The Kier molecular flexibility index (Phi) is 4.66. The van der Waals surface area contributed by atoms with Gasteiger partial charge in [-0.05, 0) is 24.5 Å². The molecule has 0 fully saturated rings. The van der Waals surface area contributed by atoms with Gasteiger partial charge in [0.1, 0.15) is 0 Å². The molecule has 0 aliphatic rings. The molecule has 0 aromatic heterocycles. The number of rotatable bonds is 4. The fraction of sp³-hybridized carbons (Fsp3) is 0.286. The quantitative estimate of drug-likeness (QED) is 0.804. The molecule has 0 bridgehead atoms. The number of hydrogen-bond acceptors (Lipinski definition) is 2. The zero-order valence-electron chi connectivity index (χ0n) is 10.7. The minimum Gasteiger partial charge on any atom is -0.478 e. The van der Waals surface area contributed by atoms with Crippen LogP contribution in [0.4, 0.5) is 5.69 Å². The average molecular weight is 247 g/mol. The Morgan fingerprint density at radius 2 is 1.89 bits per heavy atom. The van der Waals surface area contributed by atoms with E-state index < -0.39 is 11.9 Å². The number of carbonyl (C=O) groups is 2. The lowest BCUT2D eigenvalue weighted by Crippen LogP contribution is -2.15. The zero-order valence-corrected chi connectivity index (χ0v) is 10.7. The van der Waals surface area contributed by atoms with Crippen molar-refractivity contribution in [3.8, 4) is 0 Å². The predicted molar refractivity (Wildman–Crippen MR) is 70.6 cm³/mol. The lowest BCUT2D eigenvalue weighted by atomic mass is 10.0. The summed E-state index contributed by atoms with van der Waals surface area (Å²) in [5.74, 6) is -1.24. The van der Waals surface area contributed by atoms with E-state index in [9.17, 15) is 9.59 Å². The zero-order chi connectivity index (χ0) is 13.7. The Hall–Kier alpha value is -2.10. The van der Waals surface area contributed by atoms with Crippen LogP contribution in [0.1, 0.15) is 32.3 Å². The van der Waals surface area contributed by atoms with E-state index in [2.05, 4.69) is 5.32 Å². The maximum atomic E-state index is 11.8. The molecule has 2 N–H and O–H groups in total. The van der Waals surface area contributed by atoms with Crippen LogP contribution in [0.5, 0.6) is 0 Å². The molecule has 0 atom stereocenters. The summed E-state index contributed by atoms with van der Waals surface area (Å²) in [5.41, 5.74) is 1.91. The minimum absolute atomic E-state index is 0.168. The standard InChI is InChI=1S/C14H17NO3/c1-9(2)11-6-4-5-7-12(11)15-14(18)10(3)8-13(16)17/h4-9H,1-3H3,(H,15,18)(H,16,17)/b10-8+. The fourth-order valence-corrected chi connectivity index (χ4v) is 1.59. The van der Waals surface area contributed by atoms with Crippen molar-refractivity contribution in [2.24, 2.45) is 0 Å². The van der Waals surface area contributed by atoms with Crippen LogP contribution in [-0.2, 0) is 9.59 Å². The van der Waals surface area contributed by atoms with Gasteiger partial charge in [0, 0.05) is 17.3 Å². The van der Waals surface area contributed by atoms with Gasteiger partial charge >= 0.3 is 5.97 Å². The predicted octanol–water partition coefficient (Wildman–Crippen LogP) is 2.78. The SMILES string of the molecule is C/C(=C\C(=O)O)C(=O)Nc1ccccc1C(C)C. The minimum atomic E-state index is -1.13. The first kappa shape index (κ1) is 14.0. The molecule has 0 unspecified atom stereocenters. The Bertz CT molecular complexity index is 490. The molecule has 1 aromatic rings. The van der Waals surface area contributed by atoms with Gasteiger partial charge in [0.05, 0.1) is 0 Å². The number of carbonyl (C=O) groups excluding carboxylic acids is 1. The van der Waals surface area contributed by atoms with E-state index in [1.54, 1.807) is 6.07 Å². The molecular weight excluding hydrogens is 230 g/mol. The summed E-state index contributed by atoms with van der Waals surface area (Å²) in [5, 5.41) is 11.3. The van der Waals surface area contributed by atoms with Crippen molar-refractivity contribution in [1.82, 2.24) is 0 Å². The van der Waals surface area contributed by atoms with Gasteiger partial charge in [0.25, 0.3) is 5.91 Å². The molecule has 1 aromatic carbocycles. The highest BCUT2D eigenvalue weighted by atomic mass is 16.4. The molecule has 4 heteroatoms. The van der Waals surface area contributed by atoms with Crippen LogP contribution >= 0.6 is 0 Å². The number of hydrogen-bond donors (Lipinski definition) is 2. The molecular formula is C14H17NO3. The van der Waals surface area contributed by atoms with Gasteiger partial charge in [-0.3, -0.25) is 4.79 Å². The maximum Gasteiger partial charge on any atom is 0.328 e. The Morgan fingerprint density at radius 1 is 1.28 bits per heavy atom. The molecule has 1 rings (SSSR count). The van der Waals surface area contributed by atoms with Crippen molar-refractivity contribution in [1.29, 1.82) is 0 Å². The van der Waals surface area contributed by atoms with E-state index in [4.69, 9.17) is 5.11 Å². The molecule has 0 spiro atoms. The van der Waals surface area contributed by atoms with Gasteiger partial charge in [-0.1, -0.05) is 32.0 Å². The summed E-state index contributed by atoms with van der Waals surface area (Å²) in [6.45, 7) is 5.54. The fourth-order valence-electron chi connectivity index (χ4n) is 1.59. The molecule has 0 heterocycles. The summed E-state index contributed by atoms with van der Waals surface area (Å²) in [6.07, 6.45) is 0.896. The van der Waals surface area contributed by atoms with Crippen LogP contribution < -0.4 is 5.32 Å². The number of aliphatic carboxylic acids is 1. The number of para-hydroxylation sites is 1. The second kappa shape index (κ2) is 6.00. The molecule has 96 valence electrons. The lowest BCUT2D eigenvalue weighted by molar-refractivity contribution is -0.131. The summed E-state index contributed by atoms with van der Waals surface area (Å²) in [4.78, 5) is 22.3. The van der Waals surface area contributed by atoms with E-state index >= 15 is 0 Å². The summed E-state index contributed by atoms with van der Waals surface area (Å²) >= 11 is 0. The smallest absolute Gasteiger partial charge is 0.328 e. The van der Waals surface area contributed by atoms with Crippen LogP contribution in [0.15, 0.2) is 35.9 Å². The van der Waals surface area contributed by atoms with Crippen molar-refractivity contribution in [2.75, 3.05) is 5.32 Å². The number of anilines is 1. The Balaban J connectivity index is 2.92.